The van der Waals surface area contributed by atoms with Crippen molar-refractivity contribution in [2.75, 3.05) is 19.7 Å². The van der Waals surface area contributed by atoms with E-state index in [0.29, 0.717) is 6.10 Å². The van der Waals surface area contributed by atoms with Gasteiger partial charge in [-0.15, -0.1) is 0 Å². The molecule has 0 heterocycles. The van der Waals surface area contributed by atoms with Crippen LogP contribution in [0.4, 0.5) is 0 Å². The molecule has 0 amide bonds. The number of hydrogen-bond acceptors (Lipinski definition) is 2. The zero-order chi connectivity index (χ0) is 13.6. The van der Waals surface area contributed by atoms with Crippen molar-refractivity contribution in [2.24, 2.45) is 5.92 Å². The van der Waals surface area contributed by atoms with E-state index in [9.17, 15) is 0 Å². The molecule has 0 aliphatic heterocycles. The molecule has 0 radical (unpaired) electrons. The predicted molar refractivity (Wildman–Crippen MR) is 81.1 cm³/mol. The lowest BCUT2D eigenvalue weighted by atomic mass is 10.1. The summed E-state index contributed by atoms with van der Waals surface area (Å²) in [6.45, 7) is 12.2. The molecular formula is C16H35NO. The maximum atomic E-state index is 5.82. The standard InChI is InChI=1S/C16H35NO/c1-5-6-7-8-11-16(4)18-13-10-9-12-17-14-15(2)3/h15-17H,5-14H2,1-4H3. The molecule has 0 bridgehead atoms. The maximum absolute atomic E-state index is 5.82. The molecule has 1 N–H and O–H groups in total. The normalized spacial score (nSPS) is 13.2. The molecule has 1 unspecified atom stereocenters. The summed E-state index contributed by atoms with van der Waals surface area (Å²) in [6.07, 6.45) is 9.47. The van der Waals surface area contributed by atoms with Crippen molar-refractivity contribution >= 4 is 0 Å². The van der Waals surface area contributed by atoms with Crippen LogP contribution in [-0.4, -0.2) is 25.8 Å². The van der Waals surface area contributed by atoms with Gasteiger partial charge in [-0.3, -0.25) is 0 Å². The highest BCUT2D eigenvalue weighted by molar-refractivity contribution is 4.54. The molecular weight excluding hydrogens is 222 g/mol. The third-order valence-corrected chi connectivity index (χ3v) is 3.17. The highest BCUT2D eigenvalue weighted by atomic mass is 16.5. The highest BCUT2D eigenvalue weighted by Crippen LogP contribution is 2.08. The molecule has 2 heteroatoms. The zero-order valence-corrected chi connectivity index (χ0v) is 13.1. The van der Waals surface area contributed by atoms with Gasteiger partial charge in [0.05, 0.1) is 6.10 Å². The molecule has 18 heavy (non-hydrogen) atoms. The predicted octanol–water partition coefficient (Wildman–Crippen LogP) is 4.39. The Hall–Kier alpha value is -0.0800. The van der Waals surface area contributed by atoms with E-state index in [2.05, 4.69) is 33.0 Å². The van der Waals surface area contributed by atoms with E-state index in [1.54, 1.807) is 0 Å². The van der Waals surface area contributed by atoms with Crippen LogP contribution < -0.4 is 5.32 Å². The first-order chi connectivity index (χ1) is 8.66. The van der Waals surface area contributed by atoms with E-state index < -0.39 is 0 Å². The molecule has 0 aliphatic carbocycles. The third kappa shape index (κ3) is 14.0. The third-order valence-electron chi connectivity index (χ3n) is 3.17. The highest BCUT2D eigenvalue weighted by Gasteiger charge is 2.01. The van der Waals surface area contributed by atoms with Gasteiger partial charge in [-0.05, 0) is 45.2 Å². The molecule has 0 fully saturated rings. The lowest BCUT2D eigenvalue weighted by molar-refractivity contribution is 0.0560. The van der Waals surface area contributed by atoms with Gasteiger partial charge < -0.3 is 10.1 Å². The van der Waals surface area contributed by atoms with Crippen molar-refractivity contribution in [1.82, 2.24) is 5.32 Å². The van der Waals surface area contributed by atoms with Gasteiger partial charge >= 0.3 is 0 Å². The first kappa shape index (κ1) is 17.9. The van der Waals surface area contributed by atoms with Crippen molar-refractivity contribution in [1.29, 1.82) is 0 Å². The topological polar surface area (TPSA) is 21.3 Å². The quantitative estimate of drug-likeness (QED) is 0.494. The molecule has 0 aromatic carbocycles. The number of unbranched alkanes of at least 4 members (excludes halogenated alkanes) is 4. The summed E-state index contributed by atoms with van der Waals surface area (Å²) in [5.41, 5.74) is 0. The van der Waals surface area contributed by atoms with E-state index in [0.717, 1.165) is 25.6 Å². The molecule has 0 aliphatic rings. The van der Waals surface area contributed by atoms with E-state index >= 15 is 0 Å². The van der Waals surface area contributed by atoms with Crippen LogP contribution in [0, 0.1) is 5.92 Å². The molecule has 0 aromatic heterocycles. The summed E-state index contributed by atoms with van der Waals surface area (Å²) in [5, 5.41) is 3.47. The summed E-state index contributed by atoms with van der Waals surface area (Å²) in [4.78, 5) is 0. The Bertz CT molecular complexity index is 159. The average Bonchev–Trinajstić information content (AvgIpc) is 2.33. The second kappa shape index (κ2) is 13.4. The Labute approximate surface area is 115 Å². The van der Waals surface area contributed by atoms with Gasteiger partial charge in [0, 0.05) is 6.61 Å². The van der Waals surface area contributed by atoms with E-state index in [1.165, 1.54) is 44.9 Å². The molecule has 0 saturated carbocycles. The van der Waals surface area contributed by atoms with Gasteiger partial charge in [0.15, 0.2) is 0 Å². The fraction of sp³-hybridized carbons (Fsp3) is 1.00. The lowest BCUT2D eigenvalue weighted by Crippen LogP contribution is -2.21. The number of nitrogens with one attached hydrogen (secondary N) is 1. The van der Waals surface area contributed by atoms with Crippen molar-refractivity contribution in [3.8, 4) is 0 Å². The smallest absolute Gasteiger partial charge is 0.0547 e. The molecule has 0 spiro atoms. The summed E-state index contributed by atoms with van der Waals surface area (Å²) in [6, 6.07) is 0. The monoisotopic (exact) mass is 257 g/mol. The SMILES string of the molecule is CCCCCCC(C)OCCCCNCC(C)C. The Morgan fingerprint density at radius 2 is 1.72 bits per heavy atom. The van der Waals surface area contributed by atoms with Crippen LogP contribution in [0.25, 0.3) is 0 Å². The molecule has 0 rings (SSSR count). The van der Waals surface area contributed by atoms with Gasteiger partial charge in [0.25, 0.3) is 0 Å². The number of hydrogen-bond donors (Lipinski definition) is 1. The van der Waals surface area contributed by atoms with Crippen LogP contribution in [0.5, 0.6) is 0 Å². The van der Waals surface area contributed by atoms with Crippen molar-refractivity contribution in [3.63, 3.8) is 0 Å². The van der Waals surface area contributed by atoms with Crippen LogP contribution in [0.3, 0.4) is 0 Å². The Kier molecular flexibility index (Phi) is 13.3. The first-order valence-electron chi connectivity index (χ1n) is 7.99. The van der Waals surface area contributed by atoms with Gasteiger partial charge in [-0.1, -0.05) is 46.5 Å². The van der Waals surface area contributed by atoms with Crippen molar-refractivity contribution in [2.45, 2.75) is 78.7 Å². The molecule has 0 aromatic rings. The lowest BCUT2D eigenvalue weighted by Gasteiger charge is -2.13. The summed E-state index contributed by atoms with van der Waals surface area (Å²) >= 11 is 0. The molecule has 2 nitrogen and oxygen atoms in total. The average molecular weight is 257 g/mol. The largest absolute Gasteiger partial charge is 0.379 e. The van der Waals surface area contributed by atoms with Gasteiger partial charge in [-0.25, -0.2) is 0 Å². The summed E-state index contributed by atoms with van der Waals surface area (Å²) < 4.78 is 5.82. The number of ether oxygens (including phenoxy) is 1. The molecule has 1 atom stereocenters. The van der Waals surface area contributed by atoms with Crippen LogP contribution in [-0.2, 0) is 4.74 Å². The second-order valence-electron chi connectivity index (χ2n) is 5.84. The maximum Gasteiger partial charge on any atom is 0.0547 e. The van der Waals surface area contributed by atoms with E-state index in [-0.39, 0.29) is 0 Å². The van der Waals surface area contributed by atoms with Crippen LogP contribution >= 0.6 is 0 Å². The minimum atomic E-state index is 0.450. The van der Waals surface area contributed by atoms with Crippen LogP contribution in [0.2, 0.25) is 0 Å². The molecule has 110 valence electrons. The van der Waals surface area contributed by atoms with Gasteiger partial charge in [0.1, 0.15) is 0 Å². The Morgan fingerprint density at radius 1 is 0.944 bits per heavy atom. The zero-order valence-electron chi connectivity index (χ0n) is 13.1. The van der Waals surface area contributed by atoms with Gasteiger partial charge in [0.2, 0.25) is 0 Å². The minimum Gasteiger partial charge on any atom is -0.379 e. The molecule has 0 saturated heterocycles. The van der Waals surface area contributed by atoms with Crippen molar-refractivity contribution in [3.05, 3.63) is 0 Å². The Morgan fingerprint density at radius 3 is 2.39 bits per heavy atom. The van der Waals surface area contributed by atoms with E-state index in [1.807, 2.05) is 0 Å². The first-order valence-corrected chi connectivity index (χ1v) is 7.99. The van der Waals surface area contributed by atoms with Crippen molar-refractivity contribution < 1.29 is 4.74 Å². The van der Waals surface area contributed by atoms with Crippen LogP contribution in [0.1, 0.15) is 72.6 Å². The fourth-order valence-corrected chi connectivity index (χ4v) is 1.97. The van der Waals surface area contributed by atoms with Crippen LogP contribution in [0.15, 0.2) is 0 Å². The Balaban J connectivity index is 3.12. The second-order valence-corrected chi connectivity index (χ2v) is 5.84. The van der Waals surface area contributed by atoms with E-state index in [4.69, 9.17) is 4.74 Å². The summed E-state index contributed by atoms with van der Waals surface area (Å²) in [7, 11) is 0. The fourth-order valence-electron chi connectivity index (χ4n) is 1.97. The van der Waals surface area contributed by atoms with Gasteiger partial charge in [-0.2, -0.15) is 0 Å². The number of rotatable bonds is 13. The summed E-state index contributed by atoms with van der Waals surface area (Å²) in [5.74, 6) is 0.754. The minimum absolute atomic E-state index is 0.450.